The predicted molar refractivity (Wildman–Crippen MR) is 51.4 cm³/mol. The van der Waals surface area contributed by atoms with Crippen molar-refractivity contribution in [3.8, 4) is 0 Å². The molecule has 4 nitrogen and oxygen atoms in total. The van der Waals surface area contributed by atoms with E-state index in [2.05, 4.69) is 17.0 Å². The quantitative estimate of drug-likeness (QED) is 0.706. The highest BCUT2D eigenvalue weighted by Crippen LogP contribution is 2.13. The van der Waals surface area contributed by atoms with E-state index < -0.39 is 0 Å². The topological polar surface area (TPSA) is 46.9 Å². The van der Waals surface area contributed by atoms with Crippen LogP contribution in [0.5, 0.6) is 0 Å². The Labute approximate surface area is 77.3 Å². The summed E-state index contributed by atoms with van der Waals surface area (Å²) in [6.45, 7) is 5.37. The average molecular weight is 179 g/mol. The minimum atomic E-state index is -0.206. The van der Waals surface area contributed by atoms with Crippen molar-refractivity contribution >= 4 is 11.6 Å². The highest BCUT2D eigenvalue weighted by Gasteiger charge is 2.06. The first-order valence-electron chi connectivity index (χ1n) is 4.13. The minimum absolute atomic E-state index is 0.206. The molecular weight excluding hydrogens is 166 g/mol. The second-order valence-corrected chi connectivity index (χ2v) is 2.71. The fourth-order valence-corrected chi connectivity index (χ4v) is 1.08. The molecule has 1 heterocycles. The summed E-state index contributed by atoms with van der Waals surface area (Å²) in [6.07, 6.45) is 3.82. The average Bonchev–Trinajstić information content (AvgIpc) is 2.46. The molecule has 0 atom stereocenters. The van der Waals surface area contributed by atoms with Crippen LogP contribution >= 0.6 is 0 Å². The number of nitrogens with one attached hydrogen (secondary N) is 1. The van der Waals surface area contributed by atoms with E-state index in [1.165, 1.54) is 6.08 Å². The van der Waals surface area contributed by atoms with E-state index in [1.807, 2.05) is 14.0 Å². The van der Waals surface area contributed by atoms with Gasteiger partial charge < -0.3 is 5.32 Å². The molecule has 0 fully saturated rings. The zero-order chi connectivity index (χ0) is 9.84. The lowest BCUT2D eigenvalue weighted by Crippen LogP contribution is -2.08. The number of amides is 1. The second kappa shape index (κ2) is 3.89. The minimum Gasteiger partial charge on any atom is -0.320 e. The zero-order valence-corrected chi connectivity index (χ0v) is 7.87. The Hall–Kier alpha value is -1.58. The molecular formula is C9H13N3O. The third-order valence-electron chi connectivity index (χ3n) is 1.68. The molecule has 1 amide bonds. The van der Waals surface area contributed by atoms with E-state index in [-0.39, 0.29) is 5.91 Å². The third kappa shape index (κ3) is 2.18. The molecule has 0 saturated heterocycles. The normalized spacial score (nSPS) is 9.69. The van der Waals surface area contributed by atoms with Gasteiger partial charge in [-0.15, -0.1) is 0 Å². The molecule has 4 heteroatoms. The van der Waals surface area contributed by atoms with Crippen LogP contribution in [-0.4, -0.2) is 15.7 Å². The van der Waals surface area contributed by atoms with E-state index >= 15 is 0 Å². The van der Waals surface area contributed by atoms with Gasteiger partial charge in [-0.05, 0) is 12.5 Å². The molecule has 0 spiro atoms. The van der Waals surface area contributed by atoms with Crippen LogP contribution < -0.4 is 5.32 Å². The standard InChI is InChI=1S/C9H13N3O/c1-4-7-8(6-12(3)11-7)10-9(13)5-2/h5-6H,2,4H2,1,3H3,(H,10,13). The molecule has 1 aromatic heterocycles. The summed E-state index contributed by atoms with van der Waals surface area (Å²) < 4.78 is 1.68. The Bertz CT molecular complexity index is 328. The fraction of sp³-hybridized carbons (Fsp3) is 0.333. The molecule has 0 aliphatic rings. The number of hydrogen-bond acceptors (Lipinski definition) is 2. The van der Waals surface area contributed by atoms with Gasteiger partial charge in [0, 0.05) is 13.2 Å². The van der Waals surface area contributed by atoms with E-state index in [9.17, 15) is 4.79 Å². The van der Waals surface area contributed by atoms with Crippen LogP contribution in [0, 0.1) is 0 Å². The highest BCUT2D eigenvalue weighted by atomic mass is 16.1. The van der Waals surface area contributed by atoms with E-state index in [0.29, 0.717) is 0 Å². The molecule has 0 saturated carbocycles. The summed E-state index contributed by atoms with van der Waals surface area (Å²) in [6, 6.07) is 0. The predicted octanol–water partition coefficient (Wildman–Crippen LogP) is 1.11. The van der Waals surface area contributed by atoms with Crippen LogP contribution in [0.25, 0.3) is 0 Å². The summed E-state index contributed by atoms with van der Waals surface area (Å²) in [5.74, 6) is -0.206. The number of aryl methyl sites for hydroxylation is 2. The first kappa shape index (κ1) is 9.51. The molecule has 0 aromatic carbocycles. The molecule has 0 unspecified atom stereocenters. The monoisotopic (exact) mass is 179 g/mol. The van der Waals surface area contributed by atoms with Crippen molar-refractivity contribution in [3.63, 3.8) is 0 Å². The number of carbonyl (C=O) groups excluding carboxylic acids is 1. The lowest BCUT2D eigenvalue weighted by molar-refractivity contribution is -0.111. The van der Waals surface area contributed by atoms with Gasteiger partial charge in [0.05, 0.1) is 11.4 Å². The zero-order valence-electron chi connectivity index (χ0n) is 7.87. The maximum absolute atomic E-state index is 11.0. The van der Waals surface area contributed by atoms with Crippen molar-refractivity contribution in [3.05, 3.63) is 24.5 Å². The van der Waals surface area contributed by atoms with Crippen LogP contribution in [-0.2, 0) is 18.3 Å². The van der Waals surface area contributed by atoms with Gasteiger partial charge in [0.15, 0.2) is 0 Å². The molecule has 0 radical (unpaired) electrons. The van der Waals surface area contributed by atoms with Crippen LogP contribution in [0.1, 0.15) is 12.6 Å². The molecule has 1 aromatic rings. The maximum atomic E-state index is 11.0. The Morgan fingerprint density at radius 3 is 3.08 bits per heavy atom. The van der Waals surface area contributed by atoms with Gasteiger partial charge >= 0.3 is 0 Å². The number of rotatable bonds is 3. The number of aromatic nitrogens is 2. The first-order valence-corrected chi connectivity index (χ1v) is 4.13. The highest BCUT2D eigenvalue weighted by molar-refractivity contribution is 5.99. The van der Waals surface area contributed by atoms with Crippen molar-refractivity contribution in [1.82, 2.24) is 9.78 Å². The summed E-state index contributed by atoms with van der Waals surface area (Å²) in [5.41, 5.74) is 1.65. The first-order chi connectivity index (χ1) is 6.17. The second-order valence-electron chi connectivity index (χ2n) is 2.71. The summed E-state index contributed by atoms with van der Waals surface area (Å²) >= 11 is 0. The Balaban J connectivity index is 2.86. The van der Waals surface area contributed by atoms with Crippen molar-refractivity contribution in [2.75, 3.05) is 5.32 Å². The molecule has 0 aliphatic carbocycles. The number of carbonyl (C=O) groups is 1. The summed E-state index contributed by atoms with van der Waals surface area (Å²) in [5, 5.41) is 6.88. The Kier molecular flexibility index (Phi) is 2.84. The van der Waals surface area contributed by atoms with Gasteiger partial charge in [-0.1, -0.05) is 13.5 Å². The smallest absolute Gasteiger partial charge is 0.247 e. The van der Waals surface area contributed by atoms with Crippen LogP contribution in [0.4, 0.5) is 5.69 Å². The van der Waals surface area contributed by atoms with Crippen molar-refractivity contribution in [2.45, 2.75) is 13.3 Å². The van der Waals surface area contributed by atoms with Crippen molar-refractivity contribution in [1.29, 1.82) is 0 Å². The molecule has 0 aliphatic heterocycles. The van der Waals surface area contributed by atoms with Crippen LogP contribution in [0.3, 0.4) is 0 Å². The van der Waals surface area contributed by atoms with Crippen LogP contribution in [0.2, 0.25) is 0 Å². The summed E-state index contributed by atoms with van der Waals surface area (Å²) in [7, 11) is 1.82. The Morgan fingerprint density at radius 2 is 2.54 bits per heavy atom. The maximum Gasteiger partial charge on any atom is 0.247 e. The van der Waals surface area contributed by atoms with Gasteiger partial charge in [-0.3, -0.25) is 9.48 Å². The fourth-order valence-electron chi connectivity index (χ4n) is 1.08. The van der Waals surface area contributed by atoms with Gasteiger partial charge in [0.25, 0.3) is 0 Å². The van der Waals surface area contributed by atoms with Gasteiger partial charge in [-0.2, -0.15) is 5.10 Å². The van der Waals surface area contributed by atoms with Gasteiger partial charge in [0.1, 0.15) is 0 Å². The van der Waals surface area contributed by atoms with E-state index in [1.54, 1.807) is 10.9 Å². The number of nitrogens with zero attached hydrogens (tertiary/aromatic N) is 2. The SMILES string of the molecule is C=CC(=O)Nc1cn(C)nc1CC. The van der Waals surface area contributed by atoms with Gasteiger partial charge in [0.2, 0.25) is 5.91 Å². The lowest BCUT2D eigenvalue weighted by Gasteiger charge is -1.98. The summed E-state index contributed by atoms with van der Waals surface area (Å²) in [4.78, 5) is 11.0. The van der Waals surface area contributed by atoms with Crippen LogP contribution in [0.15, 0.2) is 18.9 Å². The largest absolute Gasteiger partial charge is 0.320 e. The molecule has 1 N–H and O–H groups in total. The lowest BCUT2D eigenvalue weighted by atomic mass is 10.3. The molecule has 0 bridgehead atoms. The Morgan fingerprint density at radius 1 is 1.85 bits per heavy atom. The number of hydrogen-bond donors (Lipinski definition) is 1. The third-order valence-corrected chi connectivity index (χ3v) is 1.68. The van der Waals surface area contributed by atoms with Gasteiger partial charge in [-0.25, -0.2) is 0 Å². The van der Waals surface area contributed by atoms with Crippen molar-refractivity contribution in [2.24, 2.45) is 7.05 Å². The number of anilines is 1. The van der Waals surface area contributed by atoms with E-state index in [4.69, 9.17) is 0 Å². The molecule has 70 valence electrons. The molecule has 1 rings (SSSR count). The molecule has 13 heavy (non-hydrogen) atoms. The van der Waals surface area contributed by atoms with E-state index in [0.717, 1.165) is 17.8 Å². The van der Waals surface area contributed by atoms with Crippen molar-refractivity contribution < 1.29 is 4.79 Å².